The summed E-state index contributed by atoms with van der Waals surface area (Å²) in [6, 6.07) is 6.91. The van der Waals surface area contributed by atoms with E-state index in [0.717, 1.165) is 24.8 Å². The van der Waals surface area contributed by atoms with E-state index in [1.807, 2.05) is 6.07 Å². The number of halogens is 1. The summed E-state index contributed by atoms with van der Waals surface area (Å²) in [5.41, 5.74) is 1.03. The minimum Gasteiger partial charge on any atom is -0.414 e. The first-order valence-corrected chi connectivity index (χ1v) is 7.53. The Labute approximate surface area is 120 Å². The molecule has 1 aromatic rings. The summed E-state index contributed by atoms with van der Waals surface area (Å²) in [5.74, 6) is -0.130. The molecule has 0 aliphatic heterocycles. The Morgan fingerprint density at radius 1 is 1.11 bits per heavy atom. The van der Waals surface area contributed by atoms with Gasteiger partial charge in [-0.15, -0.1) is 0 Å². The zero-order valence-electron chi connectivity index (χ0n) is 12.0. The van der Waals surface area contributed by atoms with Gasteiger partial charge < -0.3 is 4.43 Å². The van der Waals surface area contributed by atoms with Gasteiger partial charge in [0.15, 0.2) is 0 Å². The van der Waals surface area contributed by atoms with Crippen LogP contribution in [0.2, 0.25) is 0 Å². The Morgan fingerprint density at radius 3 is 2.47 bits per heavy atom. The molecular weight excluding hydrogens is 255 g/mol. The summed E-state index contributed by atoms with van der Waals surface area (Å²) in [4.78, 5) is 0. The van der Waals surface area contributed by atoms with E-state index >= 15 is 0 Å². The van der Waals surface area contributed by atoms with Crippen molar-refractivity contribution < 1.29 is 8.82 Å². The molecule has 0 N–H and O–H groups in total. The zero-order valence-corrected chi connectivity index (χ0v) is 13.0. The van der Waals surface area contributed by atoms with Crippen LogP contribution in [0.25, 0.3) is 0 Å². The monoisotopic (exact) mass is 279 g/mol. The zero-order chi connectivity index (χ0) is 14.1. The highest BCUT2D eigenvalue weighted by atomic mass is 28.2. The molecule has 19 heavy (non-hydrogen) atoms. The van der Waals surface area contributed by atoms with Gasteiger partial charge in [0.05, 0.1) is 0 Å². The average Bonchev–Trinajstić information content (AvgIpc) is 2.38. The molecule has 0 aliphatic rings. The van der Waals surface area contributed by atoms with Crippen molar-refractivity contribution in [2.75, 3.05) is 0 Å². The molecule has 3 radical (unpaired) electrons. The normalized spacial score (nSPS) is 11.8. The Morgan fingerprint density at radius 2 is 1.79 bits per heavy atom. The van der Waals surface area contributed by atoms with E-state index in [9.17, 15) is 4.39 Å². The van der Waals surface area contributed by atoms with Gasteiger partial charge in [-0.3, -0.25) is 0 Å². The van der Waals surface area contributed by atoms with Crippen LogP contribution in [0, 0.1) is 5.82 Å². The van der Waals surface area contributed by atoms with Gasteiger partial charge in [-0.25, -0.2) is 4.39 Å². The van der Waals surface area contributed by atoms with E-state index in [0.29, 0.717) is 0 Å². The summed E-state index contributed by atoms with van der Waals surface area (Å²) in [6.45, 7) is 4.17. The highest BCUT2D eigenvalue weighted by molar-refractivity contribution is 5.98. The van der Waals surface area contributed by atoms with Crippen LogP contribution in [0.4, 0.5) is 4.39 Å². The lowest BCUT2D eigenvalue weighted by atomic mass is 9.99. The van der Waals surface area contributed by atoms with Crippen LogP contribution >= 0.6 is 0 Å². The largest absolute Gasteiger partial charge is 0.414 e. The Balaban J connectivity index is 2.03. The van der Waals surface area contributed by atoms with E-state index < -0.39 is 0 Å². The Bertz CT molecular complexity index is 366. The fraction of sp³-hybridized carbons (Fsp3) is 0.625. The van der Waals surface area contributed by atoms with E-state index in [-0.39, 0.29) is 11.4 Å². The molecule has 0 spiro atoms. The first-order valence-electron chi connectivity index (χ1n) is 7.13. The van der Waals surface area contributed by atoms with E-state index in [4.69, 9.17) is 4.43 Å². The van der Waals surface area contributed by atoms with Crippen molar-refractivity contribution in [3.8, 4) is 0 Å². The number of hydrogen-bond donors (Lipinski definition) is 0. The highest BCUT2D eigenvalue weighted by Crippen LogP contribution is 2.18. The van der Waals surface area contributed by atoms with Crippen molar-refractivity contribution in [1.29, 1.82) is 0 Å². The van der Waals surface area contributed by atoms with Gasteiger partial charge in [-0.1, -0.05) is 37.8 Å². The highest BCUT2D eigenvalue weighted by Gasteiger charge is 2.14. The van der Waals surface area contributed by atoms with Crippen LogP contribution in [0.15, 0.2) is 24.3 Å². The molecule has 0 aromatic heterocycles. The lowest BCUT2D eigenvalue weighted by Crippen LogP contribution is -2.22. The van der Waals surface area contributed by atoms with Crippen LogP contribution in [0.3, 0.4) is 0 Å². The van der Waals surface area contributed by atoms with Crippen LogP contribution < -0.4 is 0 Å². The average molecular weight is 279 g/mol. The molecule has 0 fully saturated rings. The Kier molecular flexibility index (Phi) is 7.32. The molecule has 0 saturated carbocycles. The quantitative estimate of drug-likeness (QED) is 0.474. The SMILES string of the molecule is CC(C)(CCCCCCCc1cccc(F)c1)O[Si]. The molecule has 0 bridgehead atoms. The molecule has 1 nitrogen and oxygen atoms in total. The third kappa shape index (κ3) is 7.48. The number of unbranched alkanes of at least 4 members (excludes halogenated alkanes) is 4. The second kappa shape index (κ2) is 8.49. The maximum Gasteiger partial charge on any atom is 0.246 e. The molecule has 0 amide bonds. The summed E-state index contributed by atoms with van der Waals surface area (Å²) < 4.78 is 18.2. The van der Waals surface area contributed by atoms with Gasteiger partial charge in [0, 0.05) is 5.60 Å². The van der Waals surface area contributed by atoms with Crippen molar-refractivity contribution in [2.24, 2.45) is 0 Å². The summed E-state index contributed by atoms with van der Waals surface area (Å²) in [7, 11) is 3.11. The fourth-order valence-corrected chi connectivity index (χ4v) is 2.26. The third-order valence-electron chi connectivity index (χ3n) is 3.41. The minimum absolute atomic E-state index is 0.0710. The summed E-state index contributed by atoms with van der Waals surface area (Å²) >= 11 is 0. The maximum absolute atomic E-state index is 13.0. The maximum atomic E-state index is 13.0. The lowest BCUT2D eigenvalue weighted by Gasteiger charge is -2.22. The predicted molar refractivity (Wildman–Crippen MR) is 78.7 cm³/mol. The van der Waals surface area contributed by atoms with Gasteiger partial charge >= 0.3 is 0 Å². The van der Waals surface area contributed by atoms with Gasteiger partial charge in [-0.2, -0.15) is 0 Å². The fourth-order valence-electron chi connectivity index (χ4n) is 2.15. The summed E-state index contributed by atoms with van der Waals surface area (Å²) in [5, 5.41) is 0. The van der Waals surface area contributed by atoms with Crippen LogP contribution in [-0.4, -0.2) is 16.1 Å². The summed E-state index contributed by atoms with van der Waals surface area (Å²) in [6.07, 6.45) is 8.08. The van der Waals surface area contributed by atoms with Crippen molar-refractivity contribution >= 4 is 10.5 Å². The van der Waals surface area contributed by atoms with Gasteiger partial charge in [0.25, 0.3) is 0 Å². The molecule has 1 aromatic carbocycles. The topological polar surface area (TPSA) is 9.23 Å². The number of aryl methyl sites for hydroxylation is 1. The first-order chi connectivity index (χ1) is 9.03. The standard InChI is InChI=1S/C16H24FOSi/c1-16(2,18-19)12-7-5-3-4-6-9-14-10-8-11-15(17)13-14/h8,10-11,13H,3-7,9,12H2,1-2H3. The van der Waals surface area contributed by atoms with Gasteiger partial charge in [0.2, 0.25) is 10.5 Å². The predicted octanol–water partition coefficient (Wildman–Crippen LogP) is 4.59. The molecule has 0 atom stereocenters. The number of benzene rings is 1. The number of rotatable bonds is 9. The van der Waals surface area contributed by atoms with Gasteiger partial charge in [-0.05, 0) is 50.8 Å². The van der Waals surface area contributed by atoms with Crippen molar-refractivity contribution in [1.82, 2.24) is 0 Å². The van der Waals surface area contributed by atoms with Crippen molar-refractivity contribution in [3.05, 3.63) is 35.6 Å². The lowest BCUT2D eigenvalue weighted by molar-refractivity contribution is 0.109. The molecule has 0 aliphatic carbocycles. The van der Waals surface area contributed by atoms with E-state index in [1.165, 1.54) is 31.7 Å². The smallest absolute Gasteiger partial charge is 0.246 e. The molecule has 0 unspecified atom stereocenters. The molecule has 1 rings (SSSR count). The van der Waals surface area contributed by atoms with Crippen molar-refractivity contribution in [2.45, 2.75) is 64.4 Å². The third-order valence-corrected chi connectivity index (χ3v) is 3.96. The van der Waals surface area contributed by atoms with E-state index in [1.54, 1.807) is 12.1 Å². The van der Waals surface area contributed by atoms with Crippen molar-refractivity contribution in [3.63, 3.8) is 0 Å². The first kappa shape index (κ1) is 16.4. The molecule has 0 heterocycles. The second-order valence-corrected chi connectivity index (χ2v) is 5.96. The van der Waals surface area contributed by atoms with Crippen LogP contribution in [-0.2, 0) is 10.8 Å². The molecular formula is C16H24FOSi. The van der Waals surface area contributed by atoms with Crippen LogP contribution in [0.1, 0.15) is 57.9 Å². The Hall–Kier alpha value is -0.673. The number of hydrogen-bond acceptors (Lipinski definition) is 1. The van der Waals surface area contributed by atoms with Gasteiger partial charge in [0.1, 0.15) is 5.82 Å². The van der Waals surface area contributed by atoms with E-state index in [2.05, 4.69) is 24.3 Å². The minimum atomic E-state index is -0.130. The molecule has 3 heteroatoms. The van der Waals surface area contributed by atoms with Crippen LogP contribution in [0.5, 0.6) is 0 Å². The molecule has 0 saturated heterocycles. The molecule has 105 valence electrons. The second-order valence-electron chi connectivity index (χ2n) is 5.76.